The average molecular weight is 377 g/mol. The van der Waals surface area contributed by atoms with E-state index in [2.05, 4.69) is 21.8 Å². The Balaban J connectivity index is 1.40. The van der Waals surface area contributed by atoms with Crippen LogP contribution in [0.25, 0.3) is 0 Å². The number of piperidine rings is 1. The zero-order valence-corrected chi connectivity index (χ0v) is 16.1. The molecule has 27 heavy (non-hydrogen) atoms. The van der Waals surface area contributed by atoms with Crippen molar-refractivity contribution in [1.82, 2.24) is 10.2 Å². The molecule has 2 N–H and O–H groups in total. The van der Waals surface area contributed by atoms with E-state index in [0.717, 1.165) is 45.2 Å². The standard InChI is InChI=1S/C20H31N3O4/c1-3-21-13(2)19(25)22-16-6-8-23(9-7-16)11-18(24)14-4-5-17-15(10-14)12-27-20(17)26/h3,14-18,24H,1,4-12H2,2H3,(H,22,25). The molecule has 2 heterocycles. The summed E-state index contributed by atoms with van der Waals surface area (Å²) >= 11 is 0. The van der Waals surface area contributed by atoms with Crippen LogP contribution in [0.4, 0.5) is 0 Å². The van der Waals surface area contributed by atoms with E-state index in [1.165, 1.54) is 6.20 Å². The molecule has 0 radical (unpaired) electrons. The van der Waals surface area contributed by atoms with Crippen LogP contribution in [0.1, 0.15) is 39.0 Å². The molecule has 1 amide bonds. The van der Waals surface area contributed by atoms with Crippen molar-refractivity contribution in [3.05, 3.63) is 12.8 Å². The Morgan fingerprint density at radius 3 is 2.85 bits per heavy atom. The Morgan fingerprint density at radius 2 is 2.15 bits per heavy atom. The number of hydrogen-bond acceptors (Lipinski definition) is 6. The van der Waals surface area contributed by atoms with Crippen molar-refractivity contribution < 1.29 is 19.4 Å². The summed E-state index contributed by atoms with van der Waals surface area (Å²) in [6, 6.07) is 0.151. The van der Waals surface area contributed by atoms with E-state index >= 15 is 0 Å². The van der Waals surface area contributed by atoms with Crippen LogP contribution in [0, 0.1) is 17.8 Å². The van der Waals surface area contributed by atoms with Gasteiger partial charge in [0.2, 0.25) is 0 Å². The van der Waals surface area contributed by atoms with E-state index in [-0.39, 0.29) is 41.8 Å². The molecule has 3 fully saturated rings. The number of carbonyl (C=O) groups excluding carboxylic acids is 2. The molecule has 0 aromatic carbocycles. The number of nitrogens with one attached hydrogen (secondary N) is 1. The molecule has 4 unspecified atom stereocenters. The molecule has 4 atom stereocenters. The number of aliphatic hydroxyl groups is 1. The molecule has 0 spiro atoms. The van der Waals surface area contributed by atoms with Crippen molar-refractivity contribution in [3.8, 4) is 0 Å². The van der Waals surface area contributed by atoms with E-state index in [4.69, 9.17) is 4.74 Å². The number of carbonyl (C=O) groups is 2. The fourth-order valence-corrected chi connectivity index (χ4v) is 4.60. The molecule has 2 saturated heterocycles. The van der Waals surface area contributed by atoms with E-state index in [9.17, 15) is 14.7 Å². The Bertz CT molecular complexity index is 598. The summed E-state index contributed by atoms with van der Waals surface area (Å²) in [7, 11) is 0. The summed E-state index contributed by atoms with van der Waals surface area (Å²) in [5, 5.41) is 13.7. The highest BCUT2D eigenvalue weighted by Crippen LogP contribution is 2.40. The summed E-state index contributed by atoms with van der Waals surface area (Å²) in [4.78, 5) is 29.9. The normalized spacial score (nSPS) is 31.1. The summed E-state index contributed by atoms with van der Waals surface area (Å²) < 4.78 is 5.17. The number of amides is 1. The topological polar surface area (TPSA) is 91.2 Å². The number of hydrogen-bond donors (Lipinski definition) is 2. The van der Waals surface area contributed by atoms with Gasteiger partial charge in [-0.1, -0.05) is 6.58 Å². The molecular formula is C20H31N3O4. The SMILES string of the molecule is C=CN=C(C)C(=O)NC1CCN(CC(O)C2CCC3C(=O)OCC3C2)CC1. The van der Waals surface area contributed by atoms with Crippen molar-refractivity contribution >= 4 is 17.6 Å². The lowest BCUT2D eigenvalue weighted by molar-refractivity contribution is -0.141. The molecule has 3 aliphatic rings. The first-order valence-corrected chi connectivity index (χ1v) is 10.0. The third-order valence-corrected chi connectivity index (χ3v) is 6.29. The maximum absolute atomic E-state index is 12.0. The quantitative estimate of drug-likeness (QED) is 0.535. The number of fused-ring (bicyclic) bond motifs is 1. The zero-order chi connectivity index (χ0) is 19.4. The van der Waals surface area contributed by atoms with E-state index in [0.29, 0.717) is 18.9 Å². The van der Waals surface area contributed by atoms with Gasteiger partial charge in [-0.2, -0.15) is 0 Å². The number of aliphatic hydroxyl groups excluding tert-OH is 1. The minimum absolute atomic E-state index is 0.0505. The molecule has 0 aromatic rings. The van der Waals surface area contributed by atoms with Crippen LogP contribution in [-0.2, 0) is 14.3 Å². The maximum atomic E-state index is 12.0. The first-order chi connectivity index (χ1) is 13.0. The largest absolute Gasteiger partial charge is 0.465 e. The summed E-state index contributed by atoms with van der Waals surface area (Å²) in [6.45, 7) is 8.09. The summed E-state index contributed by atoms with van der Waals surface area (Å²) in [5.41, 5.74) is 0.424. The lowest BCUT2D eigenvalue weighted by Crippen LogP contribution is -2.48. The van der Waals surface area contributed by atoms with Gasteiger partial charge in [0.05, 0.1) is 18.6 Å². The molecule has 7 heteroatoms. The van der Waals surface area contributed by atoms with Gasteiger partial charge in [-0.25, -0.2) is 0 Å². The van der Waals surface area contributed by atoms with Gasteiger partial charge >= 0.3 is 5.97 Å². The first-order valence-electron chi connectivity index (χ1n) is 10.0. The number of ether oxygens (including phenoxy) is 1. The lowest BCUT2D eigenvalue weighted by atomic mass is 9.73. The van der Waals surface area contributed by atoms with Crippen LogP contribution >= 0.6 is 0 Å². The molecule has 150 valence electrons. The molecule has 0 aromatic heterocycles. The fraction of sp³-hybridized carbons (Fsp3) is 0.750. The molecule has 2 aliphatic heterocycles. The van der Waals surface area contributed by atoms with Crippen LogP contribution in [0.2, 0.25) is 0 Å². The monoisotopic (exact) mass is 377 g/mol. The predicted molar refractivity (Wildman–Crippen MR) is 102 cm³/mol. The van der Waals surface area contributed by atoms with E-state index in [1.807, 2.05) is 0 Å². The van der Waals surface area contributed by atoms with Crippen LogP contribution in [0.5, 0.6) is 0 Å². The molecule has 3 rings (SSSR count). The second kappa shape index (κ2) is 8.97. The van der Waals surface area contributed by atoms with Gasteiger partial charge in [0.15, 0.2) is 0 Å². The smallest absolute Gasteiger partial charge is 0.309 e. The highest BCUT2D eigenvalue weighted by Gasteiger charge is 2.43. The van der Waals surface area contributed by atoms with Crippen LogP contribution in [-0.4, -0.2) is 66.0 Å². The number of cyclic esters (lactones) is 1. The maximum Gasteiger partial charge on any atom is 0.309 e. The number of likely N-dealkylation sites (tertiary alicyclic amines) is 1. The molecule has 0 bridgehead atoms. The number of β-amino-alcohol motifs (C(OH)–C–C–N with tert-alkyl or cyclic N) is 1. The third kappa shape index (κ3) is 4.96. The van der Waals surface area contributed by atoms with Gasteiger partial charge in [0, 0.05) is 37.8 Å². The second-order valence-corrected chi connectivity index (χ2v) is 8.08. The van der Waals surface area contributed by atoms with Gasteiger partial charge in [0.25, 0.3) is 5.91 Å². The van der Waals surface area contributed by atoms with Crippen LogP contribution < -0.4 is 5.32 Å². The van der Waals surface area contributed by atoms with Gasteiger partial charge in [-0.05, 0) is 44.9 Å². The van der Waals surface area contributed by atoms with Gasteiger partial charge < -0.3 is 20.1 Å². The Morgan fingerprint density at radius 1 is 1.41 bits per heavy atom. The van der Waals surface area contributed by atoms with Gasteiger partial charge in [0.1, 0.15) is 5.71 Å². The molecular weight excluding hydrogens is 346 g/mol. The van der Waals surface area contributed by atoms with Crippen molar-refractivity contribution in [2.75, 3.05) is 26.2 Å². The number of rotatable bonds is 6. The minimum atomic E-state index is -0.366. The number of esters is 1. The summed E-state index contributed by atoms with van der Waals surface area (Å²) in [6.07, 6.45) is 5.37. The molecule has 7 nitrogen and oxygen atoms in total. The Labute approximate surface area is 160 Å². The Kier molecular flexibility index (Phi) is 6.65. The van der Waals surface area contributed by atoms with Crippen LogP contribution in [0.15, 0.2) is 17.8 Å². The Hall–Kier alpha value is -1.73. The van der Waals surface area contributed by atoms with Gasteiger partial charge in [-0.3, -0.25) is 14.6 Å². The van der Waals surface area contributed by atoms with Gasteiger partial charge in [-0.15, -0.1) is 0 Å². The summed E-state index contributed by atoms with van der Waals surface area (Å²) in [5.74, 6) is 0.396. The van der Waals surface area contributed by atoms with Crippen molar-refractivity contribution in [2.45, 2.75) is 51.2 Å². The highest BCUT2D eigenvalue weighted by atomic mass is 16.5. The van der Waals surface area contributed by atoms with E-state index in [1.54, 1.807) is 6.92 Å². The van der Waals surface area contributed by atoms with Crippen molar-refractivity contribution in [1.29, 1.82) is 0 Å². The molecule has 1 saturated carbocycles. The third-order valence-electron chi connectivity index (χ3n) is 6.29. The second-order valence-electron chi connectivity index (χ2n) is 8.08. The fourth-order valence-electron chi connectivity index (χ4n) is 4.60. The zero-order valence-electron chi connectivity index (χ0n) is 16.1. The van der Waals surface area contributed by atoms with E-state index < -0.39 is 0 Å². The average Bonchev–Trinajstić information content (AvgIpc) is 3.04. The van der Waals surface area contributed by atoms with Crippen LogP contribution in [0.3, 0.4) is 0 Å². The predicted octanol–water partition coefficient (Wildman–Crippen LogP) is 1.12. The number of aliphatic imine (C=N–C) groups is 1. The lowest BCUT2D eigenvalue weighted by Gasteiger charge is -2.37. The molecule has 1 aliphatic carbocycles. The van der Waals surface area contributed by atoms with Crippen molar-refractivity contribution in [3.63, 3.8) is 0 Å². The highest BCUT2D eigenvalue weighted by molar-refractivity contribution is 6.38. The van der Waals surface area contributed by atoms with Crippen molar-refractivity contribution in [2.24, 2.45) is 22.7 Å². The first kappa shape index (κ1) is 20.0. The minimum Gasteiger partial charge on any atom is -0.465 e. The number of nitrogens with zero attached hydrogens (tertiary/aromatic N) is 2.